The van der Waals surface area contributed by atoms with Gasteiger partial charge in [-0.1, -0.05) is 40.0 Å². The van der Waals surface area contributed by atoms with E-state index in [1.54, 1.807) is 0 Å². The van der Waals surface area contributed by atoms with E-state index in [0.717, 1.165) is 25.2 Å². The molecule has 1 rings (SSSR count). The standard InChI is InChI=1S/C14H28N2O/c1-5-11(3)13(15)14(17)16(4)12-8-6-7-10(2)9-12/h10-13H,5-9,15H2,1-4H3/t10?,11-,12?,13-/m0/s1. The Balaban J connectivity index is 2.56. The van der Waals surface area contributed by atoms with Gasteiger partial charge in [-0.2, -0.15) is 0 Å². The first kappa shape index (κ1) is 14.5. The highest BCUT2D eigenvalue weighted by molar-refractivity contribution is 5.82. The van der Waals surface area contributed by atoms with E-state index in [1.165, 1.54) is 12.8 Å². The lowest BCUT2D eigenvalue weighted by atomic mass is 9.86. The van der Waals surface area contributed by atoms with Gasteiger partial charge >= 0.3 is 0 Å². The molecule has 0 radical (unpaired) electrons. The van der Waals surface area contributed by atoms with Crippen molar-refractivity contribution in [2.24, 2.45) is 17.6 Å². The van der Waals surface area contributed by atoms with E-state index in [9.17, 15) is 4.79 Å². The van der Waals surface area contributed by atoms with Crippen LogP contribution in [0.3, 0.4) is 0 Å². The lowest BCUT2D eigenvalue weighted by molar-refractivity contribution is -0.135. The van der Waals surface area contributed by atoms with Crippen molar-refractivity contribution in [3.63, 3.8) is 0 Å². The second-order valence-electron chi connectivity index (χ2n) is 5.79. The maximum absolute atomic E-state index is 12.3. The third-order valence-corrected chi connectivity index (χ3v) is 4.35. The average molecular weight is 240 g/mol. The molecule has 0 aromatic rings. The highest BCUT2D eigenvalue weighted by atomic mass is 16.2. The van der Waals surface area contributed by atoms with E-state index in [2.05, 4.69) is 20.8 Å². The summed E-state index contributed by atoms with van der Waals surface area (Å²) in [4.78, 5) is 14.2. The number of hydrogen-bond donors (Lipinski definition) is 1. The molecule has 0 aliphatic heterocycles. The number of amides is 1. The fourth-order valence-corrected chi connectivity index (χ4v) is 2.67. The van der Waals surface area contributed by atoms with Crippen LogP contribution in [0.5, 0.6) is 0 Å². The molecule has 0 saturated heterocycles. The van der Waals surface area contributed by atoms with E-state index in [-0.39, 0.29) is 17.9 Å². The summed E-state index contributed by atoms with van der Waals surface area (Å²) in [5.41, 5.74) is 6.02. The van der Waals surface area contributed by atoms with Gasteiger partial charge in [-0.25, -0.2) is 0 Å². The molecule has 17 heavy (non-hydrogen) atoms. The quantitative estimate of drug-likeness (QED) is 0.820. The molecule has 3 heteroatoms. The minimum Gasteiger partial charge on any atom is -0.341 e. The Morgan fingerprint density at radius 2 is 2.12 bits per heavy atom. The van der Waals surface area contributed by atoms with Gasteiger partial charge in [0.1, 0.15) is 0 Å². The zero-order valence-electron chi connectivity index (χ0n) is 11.8. The number of nitrogens with two attached hydrogens (primary N) is 1. The maximum atomic E-state index is 12.3. The third kappa shape index (κ3) is 3.70. The van der Waals surface area contributed by atoms with E-state index in [4.69, 9.17) is 5.73 Å². The van der Waals surface area contributed by atoms with Gasteiger partial charge in [-0.05, 0) is 24.7 Å². The normalized spacial score (nSPS) is 28.5. The van der Waals surface area contributed by atoms with Crippen molar-refractivity contribution in [2.45, 2.75) is 65.0 Å². The lowest BCUT2D eigenvalue weighted by Crippen LogP contribution is -2.50. The SMILES string of the molecule is CC[C@H](C)[C@H](N)C(=O)N(C)C1CCCC(C)C1. The topological polar surface area (TPSA) is 46.3 Å². The summed E-state index contributed by atoms with van der Waals surface area (Å²) in [5.74, 6) is 1.13. The molecule has 0 bridgehead atoms. The predicted octanol–water partition coefficient (Wildman–Crippen LogP) is 2.40. The van der Waals surface area contributed by atoms with Crippen molar-refractivity contribution in [1.29, 1.82) is 0 Å². The third-order valence-electron chi connectivity index (χ3n) is 4.35. The van der Waals surface area contributed by atoms with Gasteiger partial charge in [0, 0.05) is 13.1 Å². The molecular weight excluding hydrogens is 212 g/mol. The summed E-state index contributed by atoms with van der Waals surface area (Å²) in [6.07, 6.45) is 5.77. The van der Waals surface area contributed by atoms with Gasteiger partial charge in [0.05, 0.1) is 6.04 Å². The molecule has 4 atom stereocenters. The number of rotatable bonds is 4. The molecule has 1 aliphatic rings. The molecular formula is C14H28N2O. The van der Waals surface area contributed by atoms with Gasteiger partial charge in [0.2, 0.25) is 5.91 Å². The summed E-state index contributed by atoms with van der Waals surface area (Å²) in [7, 11) is 1.92. The number of carbonyl (C=O) groups is 1. The van der Waals surface area contributed by atoms with Crippen LogP contribution in [0.1, 0.15) is 52.9 Å². The monoisotopic (exact) mass is 240 g/mol. The Kier molecular flexibility index (Phi) is 5.44. The van der Waals surface area contributed by atoms with E-state index in [0.29, 0.717) is 6.04 Å². The minimum absolute atomic E-state index is 0.124. The highest BCUT2D eigenvalue weighted by Gasteiger charge is 2.29. The smallest absolute Gasteiger partial charge is 0.239 e. The minimum atomic E-state index is -0.331. The van der Waals surface area contributed by atoms with Crippen molar-refractivity contribution in [2.75, 3.05) is 7.05 Å². The first-order valence-electron chi connectivity index (χ1n) is 6.99. The molecule has 1 aliphatic carbocycles. The van der Waals surface area contributed by atoms with Crippen LogP contribution in [0.2, 0.25) is 0 Å². The Labute approximate surface area is 106 Å². The Morgan fingerprint density at radius 1 is 1.47 bits per heavy atom. The first-order chi connectivity index (χ1) is 7.97. The van der Waals surface area contributed by atoms with Gasteiger partial charge in [-0.3, -0.25) is 4.79 Å². The van der Waals surface area contributed by atoms with Crippen LogP contribution in [0.4, 0.5) is 0 Å². The van der Waals surface area contributed by atoms with E-state index >= 15 is 0 Å². The van der Waals surface area contributed by atoms with E-state index in [1.807, 2.05) is 11.9 Å². The predicted molar refractivity (Wildman–Crippen MR) is 71.6 cm³/mol. The van der Waals surface area contributed by atoms with Gasteiger partial charge in [-0.15, -0.1) is 0 Å². The van der Waals surface area contributed by atoms with Crippen molar-refractivity contribution in [3.8, 4) is 0 Å². The second-order valence-corrected chi connectivity index (χ2v) is 5.79. The van der Waals surface area contributed by atoms with E-state index < -0.39 is 0 Å². The van der Waals surface area contributed by atoms with Crippen LogP contribution >= 0.6 is 0 Å². The van der Waals surface area contributed by atoms with Crippen LogP contribution < -0.4 is 5.73 Å². The summed E-state index contributed by atoms with van der Waals surface area (Å²) in [6, 6.07) is 0.0728. The Hall–Kier alpha value is -0.570. The van der Waals surface area contributed by atoms with Gasteiger partial charge in [0.15, 0.2) is 0 Å². The zero-order chi connectivity index (χ0) is 13.0. The molecule has 0 spiro atoms. The van der Waals surface area contributed by atoms with Gasteiger partial charge in [0.25, 0.3) is 0 Å². The van der Waals surface area contributed by atoms with Crippen molar-refractivity contribution >= 4 is 5.91 Å². The highest BCUT2D eigenvalue weighted by Crippen LogP contribution is 2.27. The number of hydrogen-bond acceptors (Lipinski definition) is 2. The Bertz CT molecular complexity index is 255. The number of nitrogens with zero attached hydrogens (tertiary/aromatic N) is 1. The van der Waals surface area contributed by atoms with Crippen molar-refractivity contribution in [1.82, 2.24) is 4.90 Å². The van der Waals surface area contributed by atoms with Crippen molar-refractivity contribution in [3.05, 3.63) is 0 Å². The molecule has 2 N–H and O–H groups in total. The molecule has 3 nitrogen and oxygen atoms in total. The lowest BCUT2D eigenvalue weighted by Gasteiger charge is -2.36. The molecule has 0 aromatic heterocycles. The Morgan fingerprint density at radius 3 is 2.65 bits per heavy atom. The van der Waals surface area contributed by atoms with Crippen LogP contribution in [0.25, 0.3) is 0 Å². The second kappa shape index (κ2) is 6.39. The molecule has 1 fully saturated rings. The zero-order valence-corrected chi connectivity index (χ0v) is 11.8. The molecule has 100 valence electrons. The summed E-state index contributed by atoms with van der Waals surface area (Å²) >= 11 is 0. The maximum Gasteiger partial charge on any atom is 0.239 e. The summed E-state index contributed by atoms with van der Waals surface area (Å²) < 4.78 is 0. The molecule has 1 amide bonds. The fraction of sp³-hybridized carbons (Fsp3) is 0.929. The summed E-state index contributed by atoms with van der Waals surface area (Å²) in [6.45, 7) is 6.42. The molecule has 1 saturated carbocycles. The summed E-state index contributed by atoms with van der Waals surface area (Å²) in [5, 5.41) is 0. The van der Waals surface area contributed by atoms with Crippen LogP contribution in [-0.4, -0.2) is 29.9 Å². The van der Waals surface area contributed by atoms with Crippen molar-refractivity contribution < 1.29 is 4.79 Å². The molecule has 2 unspecified atom stereocenters. The number of likely N-dealkylation sites (N-methyl/N-ethyl adjacent to an activating group) is 1. The first-order valence-corrected chi connectivity index (χ1v) is 6.99. The average Bonchev–Trinajstić information content (AvgIpc) is 2.35. The molecule has 0 heterocycles. The largest absolute Gasteiger partial charge is 0.341 e. The van der Waals surface area contributed by atoms with Crippen LogP contribution in [-0.2, 0) is 4.79 Å². The fourth-order valence-electron chi connectivity index (χ4n) is 2.67. The van der Waals surface area contributed by atoms with Crippen LogP contribution in [0, 0.1) is 11.8 Å². The molecule has 0 aromatic carbocycles. The van der Waals surface area contributed by atoms with Gasteiger partial charge < -0.3 is 10.6 Å². The number of carbonyl (C=O) groups excluding carboxylic acids is 1. The van der Waals surface area contributed by atoms with Crippen LogP contribution in [0.15, 0.2) is 0 Å².